The van der Waals surface area contributed by atoms with E-state index in [-0.39, 0.29) is 26.0 Å². The Labute approximate surface area is 131 Å². The molecule has 0 aliphatic rings. The Morgan fingerprint density at radius 2 is 1.55 bits per heavy atom. The molecule has 2 aromatic carbocycles. The van der Waals surface area contributed by atoms with Crippen LogP contribution in [0.5, 0.6) is 5.75 Å². The van der Waals surface area contributed by atoms with Crippen LogP contribution >= 0.6 is 0 Å². The maximum absolute atomic E-state index is 10.00. The number of pyridine rings is 1. The van der Waals surface area contributed by atoms with Gasteiger partial charge in [-0.25, -0.2) is 0 Å². The monoisotopic (exact) mass is 255 g/mol. The molecule has 3 aromatic rings. The minimum absolute atomic E-state index is 0. The maximum Gasteiger partial charge on any atom is 1.00 e. The molecule has 94 valence electrons. The third-order valence-electron chi connectivity index (χ3n) is 3.04. The Balaban J connectivity index is 0.00000110. The third-order valence-corrected chi connectivity index (χ3v) is 3.04. The molecule has 1 N–H and O–H groups in total. The van der Waals surface area contributed by atoms with Crippen LogP contribution in [0.2, 0.25) is 0 Å². The van der Waals surface area contributed by atoms with Crippen molar-refractivity contribution in [1.29, 1.82) is 0 Å². The van der Waals surface area contributed by atoms with E-state index in [0.29, 0.717) is 0 Å². The molecule has 20 heavy (non-hydrogen) atoms. The van der Waals surface area contributed by atoms with Crippen molar-refractivity contribution in [2.24, 2.45) is 0 Å². The Bertz CT molecular complexity index is 690. The molecule has 0 aliphatic carbocycles. The number of benzene rings is 2. The topological polar surface area (TPSA) is 33.1 Å². The number of phenolic OH excluding ortho intramolecular Hbond substituents is 1. The molecule has 0 saturated heterocycles. The van der Waals surface area contributed by atoms with Crippen molar-refractivity contribution in [3.8, 4) is 28.1 Å². The van der Waals surface area contributed by atoms with Gasteiger partial charge in [-0.3, -0.25) is 4.98 Å². The van der Waals surface area contributed by atoms with Crippen molar-refractivity contribution in [2.75, 3.05) is 0 Å². The predicted octanol–water partition coefficient (Wildman–Crippen LogP) is 1.24. The molecule has 0 fully saturated rings. The summed E-state index contributed by atoms with van der Waals surface area (Å²) in [5.41, 5.74) is 3.72. The van der Waals surface area contributed by atoms with E-state index in [9.17, 15) is 5.11 Å². The number of nitrogens with zero attached hydrogens (tertiary/aromatic N) is 1. The Morgan fingerprint density at radius 1 is 0.800 bits per heavy atom. The summed E-state index contributed by atoms with van der Waals surface area (Å²) in [5.74, 6) is 0.249. The van der Waals surface area contributed by atoms with Gasteiger partial charge in [0.2, 0.25) is 0 Å². The van der Waals surface area contributed by atoms with Gasteiger partial charge < -0.3 is 6.53 Å². The zero-order chi connectivity index (χ0) is 13.1. The third kappa shape index (κ3) is 2.93. The van der Waals surface area contributed by atoms with Gasteiger partial charge in [-0.15, -0.1) is 0 Å². The van der Waals surface area contributed by atoms with Crippen LogP contribution in [0.1, 0.15) is 1.43 Å². The SMILES string of the molecule is Oc1ccc(-c2ccccc2)cc1-c1ccccn1.[H-].[Li+]. The number of hydrogen-bond donors (Lipinski definition) is 1. The van der Waals surface area contributed by atoms with Crippen LogP contribution in [-0.4, -0.2) is 10.1 Å². The molecule has 0 spiro atoms. The number of aromatic nitrogens is 1. The van der Waals surface area contributed by atoms with Gasteiger partial charge in [0, 0.05) is 11.8 Å². The Morgan fingerprint density at radius 3 is 2.25 bits per heavy atom. The minimum atomic E-state index is 0. The van der Waals surface area contributed by atoms with Gasteiger partial charge in [-0.1, -0.05) is 42.5 Å². The van der Waals surface area contributed by atoms with Gasteiger partial charge in [-0.05, 0) is 35.4 Å². The van der Waals surface area contributed by atoms with E-state index in [4.69, 9.17) is 0 Å². The van der Waals surface area contributed by atoms with E-state index in [0.717, 1.165) is 22.4 Å². The second-order valence-corrected chi connectivity index (χ2v) is 4.31. The number of rotatable bonds is 2. The van der Waals surface area contributed by atoms with Crippen molar-refractivity contribution in [1.82, 2.24) is 4.98 Å². The maximum atomic E-state index is 10.00. The molecular formula is C17H14LiNO. The molecule has 3 heteroatoms. The first-order valence-corrected chi connectivity index (χ1v) is 6.14. The van der Waals surface area contributed by atoms with Gasteiger partial charge in [0.05, 0.1) is 5.69 Å². The number of phenols is 1. The quantitative estimate of drug-likeness (QED) is 0.699. The van der Waals surface area contributed by atoms with Gasteiger partial charge in [-0.2, -0.15) is 0 Å². The van der Waals surface area contributed by atoms with Crippen molar-refractivity contribution < 1.29 is 25.4 Å². The number of hydrogen-bond acceptors (Lipinski definition) is 2. The predicted molar refractivity (Wildman–Crippen MR) is 77.9 cm³/mol. The molecule has 1 heterocycles. The summed E-state index contributed by atoms with van der Waals surface area (Å²) >= 11 is 0. The van der Waals surface area contributed by atoms with Crippen LogP contribution < -0.4 is 18.9 Å². The fraction of sp³-hybridized carbons (Fsp3) is 0. The van der Waals surface area contributed by atoms with Crippen molar-refractivity contribution in [2.45, 2.75) is 0 Å². The summed E-state index contributed by atoms with van der Waals surface area (Å²) in [6.45, 7) is 0. The molecule has 0 aliphatic heterocycles. The molecular weight excluding hydrogens is 241 g/mol. The zero-order valence-electron chi connectivity index (χ0n) is 12.3. The first-order chi connectivity index (χ1) is 9.34. The zero-order valence-corrected chi connectivity index (χ0v) is 11.3. The molecule has 0 atom stereocenters. The molecule has 0 unspecified atom stereocenters. The summed E-state index contributed by atoms with van der Waals surface area (Å²) in [6, 6.07) is 21.4. The van der Waals surface area contributed by atoms with E-state index in [2.05, 4.69) is 17.1 Å². The van der Waals surface area contributed by atoms with Gasteiger partial charge in [0.25, 0.3) is 0 Å². The second-order valence-electron chi connectivity index (χ2n) is 4.31. The summed E-state index contributed by atoms with van der Waals surface area (Å²) in [6.07, 6.45) is 1.73. The Hall–Kier alpha value is -2.01. The van der Waals surface area contributed by atoms with Gasteiger partial charge in [0.15, 0.2) is 0 Å². The normalized spacial score (nSPS) is 9.80. The van der Waals surface area contributed by atoms with E-state index >= 15 is 0 Å². The summed E-state index contributed by atoms with van der Waals surface area (Å²) < 4.78 is 0. The fourth-order valence-corrected chi connectivity index (χ4v) is 2.07. The number of aromatic hydroxyl groups is 1. The van der Waals surface area contributed by atoms with Crippen LogP contribution in [0.3, 0.4) is 0 Å². The van der Waals surface area contributed by atoms with E-state index in [1.807, 2.05) is 48.5 Å². The van der Waals surface area contributed by atoms with Crippen LogP contribution in [-0.2, 0) is 0 Å². The second kappa shape index (κ2) is 6.43. The van der Waals surface area contributed by atoms with Crippen LogP contribution in [0.25, 0.3) is 22.4 Å². The average Bonchev–Trinajstić information content (AvgIpc) is 2.49. The average molecular weight is 255 g/mol. The minimum Gasteiger partial charge on any atom is -1.00 e. The van der Waals surface area contributed by atoms with E-state index < -0.39 is 0 Å². The van der Waals surface area contributed by atoms with Gasteiger partial charge in [0.1, 0.15) is 5.75 Å². The van der Waals surface area contributed by atoms with Gasteiger partial charge >= 0.3 is 18.9 Å². The van der Waals surface area contributed by atoms with Crippen molar-refractivity contribution >= 4 is 0 Å². The molecule has 0 bridgehead atoms. The molecule has 0 radical (unpaired) electrons. The summed E-state index contributed by atoms with van der Waals surface area (Å²) in [4.78, 5) is 4.28. The Kier molecular flexibility index (Phi) is 4.63. The fourth-order valence-electron chi connectivity index (χ4n) is 2.07. The molecule has 0 saturated carbocycles. The molecule has 0 amide bonds. The molecule has 1 aromatic heterocycles. The smallest absolute Gasteiger partial charge is 1.00 e. The first-order valence-electron chi connectivity index (χ1n) is 6.14. The van der Waals surface area contributed by atoms with Crippen molar-refractivity contribution in [3.05, 3.63) is 72.9 Å². The molecule has 3 rings (SSSR count). The van der Waals surface area contributed by atoms with E-state index in [1.165, 1.54) is 0 Å². The largest absolute Gasteiger partial charge is 1.00 e. The van der Waals surface area contributed by atoms with Crippen LogP contribution in [0, 0.1) is 0 Å². The summed E-state index contributed by atoms with van der Waals surface area (Å²) in [5, 5.41) is 10.00. The molecule has 2 nitrogen and oxygen atoms in total. The summed E-state index contributed by atoms with van der Waals surface area (Å²) in [7, 11) is 0. The van der Waals surface area contributed by atoms with Crippen molar-refractivity contribution in [3.63, 3.8) is 0 Å². The van der Waals surface area contributed by atoms with Crippen LogP contribution in [0.4, 0.5) is 0 Å². The standard InChI is InChI=1S/C17H13NO.Li.H/c19-17-10-9-14(13-6-2-1-3-7-13)12-15(17)16-8-4-5-11-18-16;;/h1-12,19H;;/q;+1;-1. The van der Waals surface area contributed by atoms with E-state index in [1.54, 1.807) is 12.3 Å². The first kappa shape index (κ1) is 14.4. The van der Waals surface area contributed by atoms with Crippen LogP contribution in [0.15, 0.2) is 72.9 Å².